The number of thiophene rings is 1. The molecule has 0 bridgehead atoms. The molecule has 2 heterocycles. The van der Waals surface area contributed by atoms with Crippen LogP contribution in [0.4, 0.5) is 5.82 Å². The average molecular weight is 277 g/mol. The number of hydrogen-bond acceptors (Lipinski definition) is 5. The highest BCUT2D eigenvalue weighted by Crippen LogP contribution is 2.39. The van der Waals surface area contributed by atoms with E-state index in [9.17, 15) is 4.79 Å². The molecule has 0 amide bonds. The van der Waals surface area contributed by atoms with Gasteiger partial charge in [-0.1, -0.05) is 6.92 Å². The van der Waals surface area contributed by atoms with Crippen LogP contribution in [0.15, 0.2) is 6.33 Å². The van der Waals surface area contributed by atoms with Gasteiger partial charge >= 0.3 is 5.97 Å². The molecule has 0 aliphatic heterocycles. The monoisotopic (exact) mass is 277 g/mol. The first-order valence-electron chi connectivity index (χ1n) is 6.45. The van der Waals surface area contributed by atoms with Crippen LogP contribution in [0.2, 0.25) is 0 Å². The molecule has 5 nitrogen and oxygen atoms in total. The number of aryl methyl sites for hydroxylation is 2. The molecular formula is C13H15N3O2S. The Morgan fingerprint density at radius 3 is 3.11 bits per heavy atom. The summed E-state index contributed by atoms with van der Waals surface area (Å²) in [5.74, 6) is -0.181. The quantitative estimate of drug-likeness (QED) is 0.898. The van der Waals surface area contributed by atoms with Gasteiger partial charge in [0.25, 0.3) is 0 Å². The zero-order valence-corrected chi connectivity index (χ0v) is 11.5. The second kappa shape index (κ2) is 4.77. The van der Waals surface area contributed by atoms with Gasteiger partial charge in [0.15, 0.2) is 0 Å². The van der Waals surface area contributed by atoms with Gasteiger partial charge in [0.2, 0.25) is 0 Å². The zero-order chi connectivity index (χ0) is 13.4. The van der Waals surface area contributed by atoms with Crippen LogP contribution in [0.5, 0.6) is 0 Å². The molecule has 2 aromatic rings. The van der Waals surface area contributed by atoms with Gasteiger partial charge in [-0.2, -0.15) is 0 Å². The van der Waals surface area contributed by atoms with Crippen molar-refractivity contribution >= 4 is 33.3 Å². The van der Waals surface area contributed by atoms with Gasteiger partial charge in [-0.25, -0.2) is 14.8 Å². The lowest BCUT2D eigenvalue weighted by molar-refractivity contribution is -0.137. The highest BCUT2D eigenvalue weighted by Gasteiger charge is 2.23. The van der Waals surface area contributed by atoms with Crippen LogP contribution in [0.3, 0.4) is 0 Å². The van der Waals surface area contributed by atoms with E-state index in [4.69, 9.17) is 5.11 Å². The molecule has 6 heteroatoms. The molecule has 2 N–H and O–H groups in total. The predicted octanol–water partition coefficient (Wildman–Crippen LogP) is 2.46. The SMILES string of the molecule is CCC(Nc1ncnc2sc3c(c12)CCC3)C(=O)O. The largest absolute Gasteiger partial charge is 0.480 e. The lowest BCUT2D eigenvalue weighted by Gasteiger charge is -2.13. The Hall–Kier alpha value is -1.69. The molecule has 0 aromatic carbocycles. The first-order valence-corrected chi connectivity index (χ1v) is 7.27. The number of anilines is 1. The minimum Gasteiger partial charge on any atom is -0.480 e. The van der Waals surface area contributed by atoms with Crippen molar-refractivity contribution in [3.8, 4) is 0 Å². The molecule has 3 rings (SSSR count). The van der Waals surface area contributed by atoms with E-state index in [-0.39, 0.29) is 0 Å². The number of carbonyl (C=O) groups is 1. The highest BCUT2D eigenvalue weighted by molar-refractivity contribution is 7.19. The van der Waals surface area contributed by atoms with Gasteiger partial charge in [-0.3, -0.25) is 0 Å². The van der Waals surface area contributed by atoms with Crippen molar-refractivity contribution in [1.82, 2.24) is 9.97 Å². The minimum absolute atomic E-state index is 0.521. The third-order valence-electron chi connectivity index (χ3n) is 3.52. The first-order chi connectivity index (χ1) is 9.20. The molecule has 0 fully saturated rings. The summed E-state index contributed by atoms with van der Waals surface area (Å²) >= 11 is 1.71. The smallest absolute Gasteiger partial charge is 0.326 e. The maximum absolute atomic E-state index is 11.1. The Labute approximate surface area is 114 Å². The van der Waals surface area contributed by atoms with Crippen molar-refractivity contribution in [2.24, 2.45) is 0 Å². The molecule has 0 saturated heterocycles. The van der Waals surface area contributed by atoms with E-state index in [1.165, 1.54) is 23.2 Å². The minimum atomic E-state index is -0.846. The summed E-state index contributed by atoms with van der Waals surface area (Å²) in [4.78, 5) is 22.0. The third kappa shape index (κ3) is 2.06. The fraction of sp³-hybridized carbons (Fsp3) is 0.462. The van der Waals surface area contributed by atoms with Gasteiger partial charge in [0.1, 0.15) is 23.0 Å². The number of nitrogens with zero attached hydrogens (tertiary/aromatic N) is 2. The van der Waals surface area contributed by atoms with Crippen LogP contribution in [-0.4, -0.2) is 27.1 Å². The molecule has 1 aliphatic carbocycles. The number of hydrogen-bond donors (Lipinski definition) is 2. The topological polar surface area (TPSA) is 75.1 Å². The van der Waals surface area contributed by atoms with E-state index in [0.717, 1.165) is 23.1 Å². The van der Waals surface area contributed by atoms with Crippen LogP contribution in [0.1, 0.15) is 30.2 Å². The van der Waals surface area contributed by atoms with Crippen molar-refractivity contribution in [2.75, 3.05) is 5.32 Å². The van der Waals surface area contributed by atoms with E-state index in [1.54, 1.807) is 11.3 Å². The van der Waals surface area contributed by atoms with Crippen LogP contribution in [0.25, 0.3) is 10.2 Å². The highest BCUT2D eigenvalue weighted by atomic mass is 32.1. The summed E-state index contributed by atoms with van der Waals surface area (Å²) < 4.78 is 0. The number of aromatic nitrogens is 2. The predicted molar refractivity (Wildman–Crippen MR) is 74.8 cm³/mol. The van der Waals surface area contributed by atoms with E-state index in [2.05, 4.69) is 15.3 Å². The maximum Gasteiger partial charge on any atom is 0.326 e. The summed E-state index contributed by atoms with van der Waals surface area (Å²) in [6.45, 7) is 1.85. The third-order valence-corrected chi connectivity index (χ3v) is 4.72. The number of carboxylic acids is 1. The van der Waals surface area contributed by atoms with Gasteiger partial charge < -0.3 is 10.4 Å². The van der Waals surface area contributed by atoms with E-state index in [1.807, 2.05) is 6.92 Å². The Kier molecular flexibility index (Phi) is 3.10. The molecular weight excluding hydrogens is 262 g/mol. The van der Waals surface area contributed by atoms with Gasteiger partial charge in [0, 0.05) is 4.88 Å². The Morgan fingerprint density at radius 2 is 2.37 bits per heavy atom. The Morgan fingerprint density at radius 1 is 1.53 bits per heavy atom. The molecule has 0 saturated carbocycles. The molecule has 0 spiro atoms. The van der Waals surface area contributed by atoms with E-state index >= 15 is 0 Å². The summed E-state index contributed by atoms with van der Waals surface area (Å²) in [6, 6.07) is -0.602. The average Bonchev–Trinajstić information content (AvgIpc) is 2.95. The van der Waals surface area contributed by atoms with E-state index < -0.39 is 12.0 Å². The van der Waals surface area contributed by atoms with Gasteiger partial charge in [0.05, 0.1) is 5.39 Å². The number of carboxylic acid groups (broad SMARTS) is 1. The lowest BCUT2D eigenvalue weighted by atomic mass is 10.1. The van der Waals surface area contributed by atoms with Crippen LogP contribution in [0, 0.1) is 0 Å². The number of rotatable bonds is 4. The molecule has 19 heavy (non-hydrogen) atoms. The van der Waals surface area contributed by atoms with Crippen LogP contribution in [-0.2, 0) is 17.6 Å². The fourth-order valence-electron chi connectivity index (χ4n) is 2.54. The van der Waals surface area contributed by atoms with Crippen LogP contribution >= 0.6 is 11.3 Å². The normalized spacial score (nSPS) is 15.4. The summed E-state index contributed by atoms with van der Waals surface area (Å²) in [5.41, 5.74) is 1.31. The van der Waals surface area contributed by atoms with Crippen molar-refractivity contribution < 1.29 is 9.90 Å². The van der Waals surface area contributed by atoms with Crippen molar-refractivity contribution in [3.63, 3.8) is 0 Å². The fourth-order valence-corrected chi connectivity index (χ4v) is 3.77. The van der Waals surface area contributed by atoms with Crippen molar-refractivity contribution in [2.45, 2.75) is 38.6 Å². The summed E-state index contributed by atoms with van der Waals surface area (Å²) in [6.07, 6.45) is 5.34. The molecule has 1 aliphatic rings. The lowest BCUT2D eigenvalue weighted by Crippen LogP contribution is -2.28. The summed E-state index contributed by atoms with van der Waals surface area (Å²) in [5, 5.41) is 13.2. The van der Waals surface area contributed by atoms with Gasteiger partial charge in [-0.15, -0.1) is 11.3 Å². The molecule has 1 atom stereocenters. The van der Waals surface area contributed by atoms with Crippen molar-refractivity contribution in [3.05, 3.63) is 16.8 Å². The standard InChI is InChI=1S/C13H15N3O2S/c1-2-8(13(17)18)16-11-10-7-4-3-5-9(7)19-12(10)15-6-14-11/h6,8H,2-5H2,1H3,(H,17,18)(H,14,15,16). The molecule has 2 aromatic heterocycles. The van der Waals surface area contributed by atoms with Gasteiger partial charge in [-0.05, 0) is 31.2 Å². The number of nitrogens with one attached hydrogen (secondary N) is 1. The summed E-state index contributed by atoms with van der Waals surface area (Å²) in [7, 11) is 0. The first kappa shape index (κ1) is 12.3. The molecule has 1 unspecified atom stereocenters. The maximum atomic E-state index is 11.1. The zero-order valence-electron chi connectivity index (χ0n) is 10.6. The molecule has 100 valence electrons. The second-order valence-corrected chi connectivity index (χ2v) is 5.79. The van der Waals surface area contributed by atoms with Crippen molar-refractivity contribution in [1.29, 1.82) is 0 Å². The van der Waals surface area contributed by atoms with E-state index in [0.29, 0.717) is 12.2 Å². The Balaban J connectivity index is 2.06. The number of aliphatic carboxylic acids is 1. The number of fused-ring (bicyclic) bond motifs is 3. The Bertz CT molecular complexity index is 638. The second-order valence-electron chi connectivity index (χ2n) is 4.70. The molecule has 0 radical (unpaired) electrons. The van der Waals surface area contributed by atoms with Crippen LogP contribution < -0.4 is 5.32 Å².